The second kappa shape index (κ2) is 8.09. The Morgan fingerprint density at radius 3 is 2.62 bits per heavy atom. The first-order valence-corrected chi connectivity index (χ1v) is 9.61. The molecule has 150 valence electrons. The Kier molecular flexibility index (Phi) is 5.75. The van der Waals surface area contributed by atoms with Gasteiger partial charge in [-0.3, -0.25) is 14.9 Å². The molecule has 1 aromatic heterocycles. The quantitative estimate of drug-likeness (QED) is 0.303. The second-order valence-corrected chi connectivity index (χ2v) is 7.59. The first-order valence-electron chi connectivity index (χ1n) is 9.23. The number of anilines is 1. The Labute approximate surface area is 173 Å². The average molecular weight is 412 g/mol. The number of halogens is 1. The van der Waals surface area contributed by atoms with Crippen molar-refractivity contribution in [2.75, 3.05) is 5.32 Å². The lowest BCUT2D eigenvalue weighted by molar-refractivity contribution is -0.384. The lowest BCUT2D eigenvalue weighted by Gasteiger charge is -2.11. The minimum Gasteiger partial charge on any atom is -0.332 e. The largest absolute Gasteiger partial charge is 0.332 e. The van der Waals surface area contributed by atoms with Crippen molar-refractivity contribution in [3.8, 4) is 0 Å². The number of nitro benzene ring substituents is 1. The summed E-state index contributed by atoms with van der Waals surface area (Å²) in [5, 5.41) is 14.8. The molecule has 0 radical (unpaired) electrons. The Morgan fingerprint density at radius 1 is 1.31 bits per heavy atom. The van der Waals surface area contributed by atoms with Gasteiger partial charge in [0.25, 0.3) is 11.6 Å². The summed E-state index contributed by atoms with van der Waals surface area (Å²) in [5.74, 6) is 0.0418. The molecule has 0 unspecified atom stereocenters. The van der Waals surface area contributed by atoms with E-state index in [9.17, 15) is 14.9 Å². The van der Waals surface area contributed by atoms with Gasteiger partial charge in [0.05, 0.1) is 15.6 Å². The Morgan fingerprint density at radius 2 is 2.03 bits per heavy atom. The number of hydrogen-bond acceptors (Lipinski definition) is 3. The average Bonchev–Trinajstić information content (AvgIpc) is 2.95. The summed E-state index contributed by atoms with van der Waals surface area (Å²) in [6.07, 6.45) is 1.74. The van der Waals surface area contributed by atoms with Gasteiger partial charge >= 0.3 is 0 Å². The van der Waals surface area contributed by atoms with Crippen LogP contribution >= 0.6 is 11.6 Å². The van der Waals surface area contributed by atoms with E-state index in [0.717, 1.165) is 16.5 Å². The van der Waals surface area contributed by atoms with Crippen molar-refractivity contribution in [3.63, 3.8) is 0 Å². The predicted molar refractivity (Wildman–Crippen MR) is 117 cm³/mol. The number of aryl methyl sites for hydroxylation is 1. The highest BCUT2D eigenvalue weighted by Gasteiger charge is 2.21. The fraction of sp³-hybridized carbons (Fsp3) is 0.227. The fourth-order valence-electron chi connectivity index (χ4n) is 3.41. The SMILES string of the molecule is C=CCn1c(C(=O)Nc2ccc([N+](=O)[O-])cc2Cl)c(C)c2cc(C(C)C)ccc21. The van der Waals surface area contributed by atoms with E-state index in [4.69, 9.17) is 11.6 Å². The van der Waals surface area contributed by atoms with Crippen LogP contribution in [0.3, 0.4) is 0 Å². The zero-order valence-corrected chi connectivity index (χ0v) is 17.3. The zero-order valence-electron chi connectivity index (χ0n) is 16.5. The lowest BCUT2D eigenvalue weighted by atomic mass is 10.0. The van der Waals surface area contributed by atoms with E-state index < -0.39 is 4.92 Å². The first-order chi connectivity index (χ1) is 13.7. The topological polar surface area (TPSA) is 77.2 Å². The van der Waals surface area contributed by atoms with E-state index in [2.05, 4.69) is 37.9 Å². The molecule has 29 heavy (non-hydrogen) atoms. The van der Waals surface area contributed by atoms with E-state index in [-0.39, 0.29) is 16.6 Å². The Balaban J connectivity index is 2.07. The lowest BCUT2D eigenvalue weighted by Crippen LogP contribution is -2.18. The molecule has 7 heteroatoms. The third-order valence-electron chi connectivity index (χ3n) is 4.95. The Hall–Kier alpha value is -3.12. The zero-order chi connectivity index (χ0) is 21.3. The molecule has 0 bridgehead atoms. The number of amides is 1. The van der Waals surface area contributed by atoms with E-state index in [1.807, 2.05) is 17.6 Å². The molecule has 0 aliphatic carbocycles. The molecule has 0 spiro atoms. The molecule has 2 aromatic carbocycles. The molecule has 1 amide bonds. The number of nitro groups is 1. The van der Waals surface area contributed by atoms with Crippen LogP contribution in [0.15, 0.2) is 49.1 Å². The maximum atomic E-state index is 13.1. The van der Waals surface area contributed by atoms with Crippen molar-refractivity contribution in [1.82, 2.24) is 4.57 Å². The number of nitrogens with one attached hydrogen (secondary N) is 1. The van der Waals surface area contributed by atoms with Crippen molar-refractivity contribution in [2.45, 2.75) is 33.2 Å². The maximum absolute atomic E-state index is 13.1. The third-order valence-corrected chi connectivity index (χ3v) is 5.26. The van der Waals surface area contributed by atoms with Crippen LogP contribution in [0, 0.1) is 17.0 Å². The van der Waals surface area contributed by atoms with Crippen molar-refractivity contribution in [2.24, 2.45) is 0 Å². The van der Waals surface area contributed by atoms with Gasteiger partial charge in [-0.2, -0.15) is 0 Å². The summed E-state index contributed by atoms with van der Waals surface area (Å²) in [6, 6.07) is 10.2. The Bertz CT molecular complexity index is 1130. The summed E-state index contributed by atoms with van der Waals surface area (Å²) < 4.78 is 1.91. The fourth-order valence-corrected chi connectivity index (χ4v) is 3.63. The molecule has 1 N–H and O–H groups in total. The van der Waals surface area contributed by atoms with Crippen LogP contribution in [0.1, 0.15) is 41.4 Å². The molecule has 0 fully saturated rings. The monoisotopic (exact) mass is 411 g/mol. The molecule has 0 aliphatic heterocycles. The summed E-state index contributed by atoms with van der Waals surface area (Å²) in [5.41, 5.74) is 3.70. The minimum absolute atomic E-state index is 0.110. The number of nitrogens with zero attached hydrogens (tertiary/aromatic N) is 2. The van der Waals surface area contributed by atoms with Crippen molar-refractivity contribution >= 4 is 39.8 Å². The number of rotatable bonds is 6. The highest BCUT2D eigenvalue weighted by atomic mass is 35.5. The third kappa shape index (κ3) is 3.89. The molecule has 0 saturated heterocycles. The summed E-state index contributed by atoms with van der Waals surface area (Å²) >= 11 is 6.14. The summed E-state index contributed by atoms with van der Waals surface area (Å²) in [6.45, 7) is 10.4. The second-order valence-electron chi connectivity index (χ2n) is 7.18. The van der Waals surface area contributed by atoms with Crippen LogP contribution in [-0.2, 0) is 6.54 Å². The van der Waals surface area contributed by atoms with Crippen LogP contribution in [0.4, 0.5) is 11.4 Å². The molecular weight excluding hydrogens is 390 g/mol. The van der Waals surface area contributed by atoms with Crippen LogP contribution in [0.25, 0.3) is 10.9 Å². The number of hydrogen-bond donors (Lipinski definition) is 1. The number of carbonyl (C=O) groups excluding carboxylic acids is 1. The van der Waals surface area contributed by atoms with Gasteiger partial charge in [-0.05, 0) is 42.2 Å². The molecule has 0 aliphatic rings. The van der Waals surface area contributed by atoms with Gasteiger partial charge in [-0.15, -0.1) is 6.58 Å². The normalized spacial score (nSPS) is 11.1. The van der Waals surface area contributed by atoms with Crippen molar-refractivity contribution in [1.29, 1.82) is 0 Å². The molecule has 6 nitrogen and oxygen atoms in total. The highest BCUT2D eigenvalue weighted by molar-refractivity contribution is 6.34. The van der Waals surface area contributed by atoms with Gasteiger partial charge in [0.2, 0.25) is 0 Å². The van der Waals surface area contributed by atoms with Crippen LogP contribution in [0.5, 0.6) is 0 Å². The van der Waals surface area contributed by atoms with Gasteiger partial charge in [-0.1, -0.05) is 37.6 Å². The number of non-ortho nitro benzene ring substituents is 1. The smallest absolute Gasteiger partial charge is 0.272 e. The minimum atomic E-state index is -0.532. The molecular formula is C22H22ClN3O3. The van der Waals surface area contributed by atoms with E-state index in [0.29, 0.717) is 23.8 Å². The molecule has 0 atom stereocenters. The molecule has 1 heterocycles. The first kappa shape index (κ1) is 20.6. The van der Waals surface area contributed by atoms with Crippen LogP contribution in [-0.4, -0.2) is 15.4 Å². The summed E-state index contributed by atoms with van der Waals surface area (Å²) in [4.78, 5) is 23.5. The van der Waals surface area contributed by atoms with Gasteiger partial charge in [0, 0.05) is 29.6 Å². The molecule has 0 saturated carbocycles. The number of allylic oxidation sites excluding steroid dienone is 1. The van der Waals surface area contributed by atoms with Crippen LogP contribution < -0.4 is 5.32 Å². The van der Waals surface area contributed by atoms with E-state index in [1.165, 1.54) is 23.8 Å². The van der Waals surface area contributed by atoms with E-state index in [1.54, 1.807) is 6.08 Å². The van der Waals surface area contributed by atoms with Gasteiger partial charge in [0.1, 0.15) is 5.69 Å². The number of aromatic nitrogens is 1. The molecule has 3 aromatic rings. The van der Waals surface area contributed by atoms with Crippen LogP contribution in [0.2, 0.25) is 5.02 Å². The van der Waals surface area contributed by atoms with Gasteiger partial charge in [0.15, 0.2) is 0 Å². The van der Waals surface area contributed by atoms with Crippen molar-refractivity contribution < 1.29 is 9.72 Å². The number of fused-ring (bicyclic) bond motifs is 1. The number of carbonyl (C=O) groups is 1. The molecule has 3 rings (SSSR count). The summed E-state index contributed by atoms with van der Waals surface area (Å²) in [7, 11) is 0. The van der Waals surface area contributed by atoms with Crippen molar-refractivity contribution in [3.05, 3.63) is 81.0 Å². The maximum Gasteiger partial charge on any atom is 0.272 e. The predicted octanol–water partition coefficient (Wildman–Crippen LogP) is 6.07. The van der Waals surface area contributed by atoms with Gasteiger partial charge < -0.3 is 9.88 Å². The van der Waals surface area contributed by atoms with Gasteiger partial charge in [-0.25, -0.2) is 0 Å². The highest BCUT2D eigenvalue weighted by Crippen LogP contribution is 2.31. The number of benzene rings is 2. The van der Waals surface area contributed by atoms with E-state index >= 15 is 0 Å². The standard InChI is InChI=1S/C22H22ClN3O3/c1-5-10-25-20-9-6-15(13(2)3)11-17(20)14(4)21(25)22(27)24-19-8-7-16(26(28)29)12-18(19)23/h5-9,11-13H,1,10H2,2-4H3,(H,24,27).